The first-order chi connectivity index (χ1) is 10.6. The smallest absolute Gasteiger partial charge is 0.251 e. The van der Waals surface area contributed by atoms with Gasteiger partial charge in [0.05, 0.1) is 6.54 Å². The van der Waals surface area contributed by atoms with E-state index in [-0.39, 0.29) is 11.7 Å². The molecule has 0 saturated heterocycles. The second kappa shape index (κ2) is 7.12. The van der Waals surface area contributed by atoms with Crippen LogP contribution < -0.4 is 21.5 Å². The Hall–Kier alpha value is -3.02. The fourth-order valence-corrected chi connectivity index (χ4v) is 1.82. The first kappa shape index (κ1) is 15.4. The molecule has 0 heterocycles. The highest BCUT2D eigenvalue weighted by atomic mass is 16.5. The number of carbonyl (C=O) groups is 1. The molecule has 6 heteroatoms. The third-order valence-corrected chi connectivity index (χ3v) is 2.97. The number of nitrogens with two attached hydrogens (primary N) is 2. The van der Waals surface area contributed by atoms with Crippen molar-refractivity contribution in [2.75, 3.05) is 18.9 Å². The summed E-state index contributed by atoms with van der Waals surface area (Å²) in [5.74, 6) is 0.414. The van der Waals surface area contributed by atoms with Crippen molar-refractivity contribution < 1.29 is 9.53 Å². The van der Waals surface area contributed by atoms with Gasteiger partial charge in [-0.3, -0.25) is 10.2 Å². The molecule has 0 unspecified atom stereocenters. The summed E-state index contributed by atoms with van der Waals surface area (Å²) in [6.45, 7) is 0.690. The maximum absolute atomic E-state index is 11.9. The van der Waals surface area contributed by atoms with Gasteiger partial charge in [0, 0.05) is 16.8 Å². The van der Waals surface area contributed by atoms with Crippen LogP contribution in [-0.4, -0.2) is 24.9 Å². The monoisotopic (exact) mass is 298 g/mol. The number of hydrogen-bond acceptors (Lipinski definition) is 4. The number of hydrogen-bond donors (Lipinski definition) is 4. The van der Waals surface area contributed by atoms with E-state index in [9.17, 15) is 4.79 Å². The van der Waals surface area contributed by atoms with Gasteiger partial charge >= 0.3 is 0 Å². The summed E-state index contributed by atoms with van der Waals surface area (Å²) in [5.41, 5.74) is 12.7. The Morgan fingerprint density at radius 3 is 2.55 bits per heavy atom. The molecule has 0 fully saturated rings. The zero-order valence-electron chi connectivity index (χ0n) is 12.0. The Balaban J connectivity index is 1.79. The molecule has 0 aliphatic rings. The number of benzene rings is 2. The van der Waals surface area contributed by atoms with Crippen LogP contribution in [-0.2, 0) is 0 Å². The van der Waals surface area contributed by atoms with E-state index >= 15 is 0 Å². The molecule has 6 nitrogen and oxygen atoms in total. The van der Waals surface area contributed by atoms with Crippen molar-refractivity contribution in [3.8, 4) is 5.75 Å². The van der Waals surface area contributed by atoms with E-state index < -0.39 is 0 Å². The molecule has 0 spiro atoms. The maximum Gasteiger partial charge on any atom is 0.251 e. The highest BCUT2D eigenvalue weighted by Crippen LogP contribution is 2.12. The van der Waals surface area contributed by atoms with Crippen LogP contribution in [0.4, 0.5) is 5.69 Å². The molecule has 0 radical (unpaired) electrons. The van der Waals surface area contributed by atoms with E-state index in [2.05, 4.69) is 5.32 Å². The van der Waals surface area contributed by atoms with Crippen molar-refractivity contribution >= 4 is 17.4 Å². The van der Waals surface area contributed by atoms with Crippen molar-refractivity contribution in [3.63, 3.8) is 0 Å². The molecular formula is C16H18N4O2. The summed E-state index contributed by atoms with van der Waals surface area (Å²) in [7, 11) is 0. The Morgan fingerprint density at radius 2 is 1.86 bits per heavy atom. The van der Waals surface area contributed by atoms with E-state index in [1.54, 1.807) is 48.5 Å². The van der Waals surface area contributed by atoms with E-state index in [1.807, 2.05) is 0 Å². The molecule has 0 aromatic heterocycles. The molecular weight excluding hydrogens is 280 g/mol. The molecule has 0 aliphatic heterocycles. The highest BCUT2D eigenvalue weighted by Gasteiger charge is 2.04. The van der Waals surface area contributed by atoms with E-state index in [0.29, 0.717) is 35.7 Å². The molecule has 2 rings (SSSR count). The minimum Gasteiger partial charge on any atom is -0.492 e. The predicted octanol–water partition coefficient (Wildman–Crippen LogP) is 1.36. The minimum atomic E-state index is -0.180. The Bertz CT molecular complexity index is 668. The van der Waals surface area contributed by atoms with Crippen molar-refractivity contribution in [1.29, 1.82) is 5.41 Å². The Kier molecular flexibility index (Phi) is 4.98. The summed E-state index contributed by atoms with van der Waals surface area (Å²) in [4.78, 5) is 11.9. The number of amidine groups is 1. The zero-order chi connectivity index (χ0) is 15.9. The molecule has 114 valence electrons. The molecule has 0 saturated carbocycles. The number of nitrogens with one attached hydrogen (secondary N) is 2. The van der Waals surface area contributed by atoms with Gasteiger partial charge in [0.25, 0.3) is 5.91 Å². The molecule has 2 aromatic rings. The second-order valence-electron chi connectivity index (χ2n) is 4.67. The summed E-state index contributed by atoms with van der Waals surface area (Å²) in [6.07, 6.45) is 0. The molecule has 6 N–H and O–H groups in total. The fraction of sp³-hybridized carbons (Fsp3) is 0.125. The number of rotatable bonds is 6. The van der Waals surface area contributed by atoms with Gasteiger partial charge in [-0.1, -0.05) is 12.1 Å². The van der Waals surface area contributed by atoms with Crippen LogP contribution in [0.5, 0.6) is 5.75 Å². The first-order valence-electron chi connectivity index (χ1n) is 6.77. The van der Waals surface area contributed by atoms with Crippen molar-refractivity contribution in [3.05, 3.63) is 59.7 Å². The lowest BCUT2D eigenvalue weighted by molar-refractivity contribution is 0.0947. The largest absolute Gasteiger partial charge is 0.492 e. The summed E-state index contributed by atoms with van der Waals surface area (Å²) >= 11 is 0. The molecule has 0 aliphatic carbocycles. The average molecular weight is 298 g/mol. The molecule has 0 bridgehead atoms. The number of carbonyl (C=O) groups excluding carboxylic acids is 1. The van der Waals surface area contributed by atoms with Crippen molar-refractivity contribution in [2.24, 2.45) is 5.73 Å². The van der Waals surface area contributed by atoms with Crippen molar-refractivity contribution in [1.82, 2.24) is 5.32 Å². The van der Waals surface area contributed by atoms with Gasteiger partial charge in [-0.15, -0.1) is 0 Å². The Labute approximate surface area is 128 Å². The van der Waals surface area contributed by atoms with Gasteiger partial charge in [-0.05, 0) is 36.4 Å². The van der Waals surface area contributed by atoms with Gasteiger partial charge in [0.2, 0.25) is 0 Å². The van der Waals surface area contributed by atoms with Crippen LogP contribution in [0.15, 0.2) is 48.5 Å². The quantitative estimate of drug-likeness (QED) is 0.279. The lowest BCUT2D eigenvalue weighted by atomic mass is 10.2. The van der Waals surface area contributed by atoms with E-state index in [0.717, 1.165) is 0 Å². The topological polar surface area (TPSA) is 114 Å². The number of anilines is 1. The van der Waals surface area contributed by atoms with Gasteiger partial charge in [-0.25, -0.2) is 0 Å². The van der Waals surface area contributed by atoms with Gasteiger partial charge < -0.3 is 21.5 Å². The van der Waals surface area contributed by atoms with Gasteiger partial charge in [-0.2, -0.15) is 0 Å². The molecule has 1 amide bonds. The Morgan fingerprint density at radius 1 is 1.14 bits per heavy atom. The predicted molar refractivity (Wildman–Crippen MR) is 86.1 cm³/mol. The van der Waals surface area contributed by atoms with Crippen LogP contribution in [0.2, 0.25) is 0 Å². The lowest BCUT2D eigenvalue weighted by Crippen LogP contribution is -2.28. The summed E-state index contributed by atoms with van der Waals surface area (Å²) in [6, 6.07) is 13.6. The van der Waals surface area contributed by atoms with Crippen LogP contribution in [0.3, 0.4) is 0 Å². The maximum atomic E-state index is 11.9. The van der Waals surface area contributed by atoms with Gasteiger partial charge in [0.1, 0.15) is 18.2 Å². The molecule has 2 aromatic carbocycles. The molecule has 0 atom stereocenters. The minimum absolute atomic E-state index is 0.0119. The average Bonchev–Trinajstić information content (AvgIpc) is 2.52. The fourth-order valence-electron chi connectivity index (χ4n) is 1.82. The van der Waals surface area contributed by atoms with Crippen LogP contribution in [0, 0.1) is 5.41 Å². The van der Waals surface area contributed by atoms with Crippen LogP contribution in [0.25, 0.3) is 0 Å². The SMILES string of the molecule is N=C(N)c1cccc(OCCNC(=O)c2ccc(N)cc2)c1. The third kappa shape index (κ3) is 4.24. The van der Waals surface area contributed by atoms with E-state index in [4.69, 9.17) is 21.6 Å². The summed E-state index contributed by atoms with van der Waals surface area (Å²) < 4.78 is 5.52. The van der Waals surface area contributed by atoms with Crippen molar-refractivity contribution in [2.45, 2.75) is 0 Å². The number of nitrogen functional groups attached to an aromatic ring is 2. The first-order valence-corrected chi connectivity index (χ1v) is 6.77. The third-order valence-electron chi connectivity index (χ3n) is 2.97. The van der Waals surface area contributed by atoms with Crippen LogP contribution >= 0.6 is 0 Å². The number of amides is 1. The van der Waals surface area contributed by atoms with Crippen LogP contribution in [0.1, 0.15) is 15.9 Å². The van der Waals surface area contributed by atoms with E-state index in [1.165, 1.54) is 0 Å². The highest BCUT2D eigenvalue weighted by molar-refractivity contribution is 5.95. The molecule has 22 heavy (non-hydrogen) atoms. The second-order valence-corrected chi connectivity index (χ2v) is 4.67. The number of ether oxygens (including phenoxy) is 1. The normalized spacial score (nSPS) is 10.0. The standard InChI is InChI=1S/C16H18N4O2/c17-13-6-4-11(5-7-13)16(21)20-8-9-22-14-3-1-2-12(10-14)15(18)19/h1-7,10H,8-9,17H2,(H3,18,19)(H,20,21). The zero-order valence-corrected chi connectivity index (χ0v) is 12.0. The summed E-state index contributed by atoms with van der Waals surface area (Å²) in [5, 5.41) is 10.1. The lowest BCUT2D eigenvalue weighted by Gasteiger charge is -2.09. The van der Waals surface area contributed by atoms with Gasteiger partial charge in [0.15, 0.2) is 0 Å².